The lowest BCUT2D eigenvalue weighted by Gasteiger charge is -2.33. The molecular weight excluding hydrogens is 828 g/mol. The van der Waals surface area contributed by atoms with Crippen LogP contribution in [0.3, 0.4) is 0 Å². The average Bonchev–Trinajstić information content (AvgIpc) is 3.60. The fourth-order valence-corrected chi connectivity index (χ4v) is 8.02. The van der Waals surface area contributed by atoms with Crippen molar-refractivity contribution in [1.29, 1.82) is 0 Å². The third-order valence-corrected chi connectivity index (χ3v) is 11.5. The van der Waals surface area contributed by atoms with Crippen LogP contribution in [0.15, 0.2) is 71.8 Å². The van der Waals surface area contributed by atoms with Gasteiger partial charge in [0.2, 0.25) is 5.95 Å². The van der Waals surface area contributed by atoms with Crippen LogP contribution in [0, 0.1) is 17.8 Å². The van der Waals surface area contributed by atoms with Gasteiger partial charge in [0.15, 0.2) is 10.1 Å². The van der Waals surface area contributed by atoms with Crippen LogP contribution >= 0.6 is 0 Å². The van der Waals surface area contributed by atoms with Crippen molar-refractivity contribution in [2.45, 2.75) is 152 Å². The van der Waals surface area contributed by atoms with E-state index >= 15 is 0 Å². The molecule has 7 N–H and O–H groups in total. The van der Waals surface area contributed by atoms with Gasteiger partial charge < -0.3 is 30.3 Å². The minimum atomic E-state index is -3.88. The van der Waals surface area contributed by atoms with Gasteiger partial charge in [0.1, 0.15) is 17.0 Å². The van der Waals surface area contributed by atoms with Crippen molar-refractivity contribution in [3.8, 4) is 0 Å². The van der Waals surface area contributed by atoms with Crippen molar-refractivity contribution in [1.82, 2.24) is 19.8 Å². The molecule has 0 radical (unpaired) electrons. The van der Waals surface area contributed by atoms with E-state index in [-0.39, 0.29) is 40.4 Å². The summed E-state index contributed by atoms with van der Waals surface area (Å²) in [4.78, 5) is 35.7. The number of likely N-dealkylation sites (tertiary alicyclic amines) is 2. The molecule has 4 heterocycles. The van der Waals surface area contributed by atoms with E-state index < -0.39 is 42.2 Å². The molecule has 4 atom stereocenters. The maximum atomic E-state index is 12.6. The summed E-state index contributed by atoms with van der Waals surface area (Å²) in [6, 6.07) is 7.98. The highest BCUT2D eigenvalue weighted by molar-refractivity contribution is 7.89. The summed E-state index contributed by atoms with van der Waals surface area (Å²) in [5.41, 5.74) is 4.48. The summed E-state index contributed by atoms with van der Waals surface area (Å²) in [6.07, 6.45) is 8.54. The Morgan fingerprint density at radius 1 is 0.803 bits per heavy atom. The maximum absolute atomic E-state index is 12.6. The summed E-state index contributed by atoms with van der Waals surface area (Å²) in [5, 5.41) is 12.4. The van der Waals surface area contributed by atoms with Crippen LogP contribution < -0.4 is 21.3 Å². The average molecular weight is 897 g/mol. The number of nitrogens with two attached hydrogens (primary N) is 3. The van der Waals surface area contributed by atoms with E-state index in [1.54, 1.807) is 24.3 Å². The van der Waals surface area contributed by atoms with Gasteiger partial charge in [-0.05, 0) is 144 Å². The van der Waals surface area contributed by atoms with E-state index in [4.69, 9.17) is 20.3 Å². The minimum Gasteiger partial charge on any atom is -0.444 e. The topological polar surface area (TPSA) is 243 Å². The Morgan fingerprint density at radius 3 is 1.61 bits per heavy atom. The van der Waals surface area contributed by atoms with Crippen LogP contribution in [-0.2, 0) is 29.5 Å². The Balaban J connectivity index is 0.000000353. The lowest BCUT2D eigenvalue weighted by Crippen LogP contribution is -2.45. The number of pyridine rings is 2. The summed E-state index contributed by atoms with van der Waals surface area (Å²) >= 11 is 0. The summed E-state index contributed by atoms with van der Waals surface area (Å²) < 4.78 is 67.4. The highest BCUT2D eigenvalue weighted by Crippen LogP contribution is 2.37. The number of rotatable bonds is 12. The number of anilines is 1. The number of carbonyl (C=O) groups is 2. The van der Waals surface area contributed by atoms with Crippen molar-refractivity contribution in [3.63, 3.8) is 0 Å². The van der Waals surface area contributed by atoms with Gasteiger partial charge in [0, 0.05) is 36.3 Å². The lowest BCUT2D eigenvalue weighted by molar-refractivity contribution is 0.0118. The number of hydrogen-bond donors (Lipinski definition) is 4. The minimum absolute atomic E-state index is 0.0497. The van der Waals surface area contributed by atoms with Gasteiger partial charge in [-0.1, -0.05) is 24.3 Å². The maximum Gasteiger partial charge on any atom is 0.410 e. The Bertz CT molecular complexity index is 2040. The van der Waals surface area contributed by atoms with Gasteiger partial charge in [-0.3, -0.25) is 0 Å². The molecule has 2 fully saturated rings. The quantitative estimate of drug-likeness (QED) is 0.129. The van der Waals surface area contributed by atoms with Crippen molar-refractivity contribution in [3.05, 3.63) is 67.7 Å². The molecule has 16 nitrogen and oxygen atoms in total. The number of primary sulfonamides is 2. The number of carbonyl (C=O) groups excluding carboxylic acids is 2. The molecule has 2 aliphatic rings. The molecule has 2 aromatic heterocycles. The van der Waals surface area contributed by atoms with Crippen LogP contribution in [0.2, 0.25) is 0 Å². The fraction of sp³-hybridized carbons (Fsp3) is 0.619. The van der Waals surface area contributed by atoms with Gasteiger partial charge in [0.05, 0.1) is 0 Å². The highest BCUT2D eigenvalue weighted by atomic mass is 32.2. The molecule has 0 bridgehead atoms. The van der Waals surface area contributed by atoms with Crippen molar-refractivity contribution in [2.24, 2.45) is 27.8 Å². The van der Waals surface area contributed by atoms with Crippen LogP contribution in [0.1, 0.15) is 108 Å². The number of ether oxygens (including phenoxy) is 2. The van der Waals surface area contributed by atoms with Gasteiger partial charge in [0.25, 0.3) is 20.0 Å². The number of amides is 2. The Morgan fingerprint density at radius 2 is 1.23 bits per heavy atom. The predicted molar refractivity (Wildman–Crippen MR) is 236 cm³/mol. The molecule has 2 amide bonds. The monoisotopic (exact) mass is 896 g/mol. The van der Waals surface area contributed by atoms with E-state index in [2.05, 4.69) is 61.3 Å². The summed E-state index contributed by atoms with van der Waals surface area (Å²) in [5.74, 6) is 0.383. The standard InChI is InChI=1S/C21H34N4O4S.C16H30N2O2.C5H5FN2O2S/c1-7-16(23-17-9-8-10-18(24-17)30(22,27)28)12-11-15-13-21(5,6)25(14-15)19(26)29-20(2,3)4;1-7-13(17)9-8-12-10-16(5,6)18(11-12)14(19)20-15(2,3)4;6-4-2-1-3-5(8-4)11(7,9)10/h7-10,15-16H,1,11-14H2,2-6H3,(H,23,24)(H2,22,27,28);7,12-13H,1,8-11,17H2,2-6H3;1-3H,(H2,7,9,10)/t15-,16?;12-,13?;/m00./s1. The summed E-state index contributed by atoms with van der Waals surface area (Å²) in [7, 11) is -7.74. The second kappa shape index (κ2) is 21.3. The zero-order valence-corrected chi connectivity index (χ0v) is 39.1. The van der Waals surface area contributed by atoms with Crippen LogP contribution in [0.5, 0.6) is 0 Å². The normalized spacial score (nSPS) is 19.6. The zero-order chi connectivity index (χ0) is 46.8. The number of nitrogens with zero attached hydrogens (tertiary/aromatic N) is 4. The number of hydrogen-bond acceptors (Lipinski definition) is 12. The van der Waals surface area contributed by atoms with Crippen LogP contribution in [-0.4, -0.2) is 96.2 Å². The van der Waals surface area contributed by atoms with Crippen molar-refractivity contribution < 1.29 is 40.3 Å². The molecule has 2 aromatic rings. The first-order valence-electron chi connectivity index (χ1n) is 20.2. The first-order valence-corrected chi connectivity index (χ1v) is 23.3. The second-order valence-electron chi connectivity index (χ2n) is 18.7. The Hall–Kier alpha value is -4.17. The number of aromatic nitrogens is 2. The third-order valence-electron chi connectivity index (χ3n) is 9.86. The second-order valence-corrected chi connectivity index (χ2v) is 21.8. The lowest BCUT2D eigenvalue weighted by atomic mass is 9.92. The Kier molecular flexibility index (Phi) is 18.5. The van der Waals surface area contributed by atoms with E-state index in [0.717, 1.165) is 57.2 Å². The number of sulfonamides is 2. The molecule has 344 valence electrons. The zero-order valence-electron chi connectivity index (χ0n) is 37.5. The van der Waals surface area contributed by atoms with Crippen LogP contribution in [0.25, 0.3) is 0 Å². The van der Waals surface area contributed by atoms with E-state index in [1.165, 1.54) is 12.1 Å². The van der Waals surface area contributed by atoms with E-state index in [0.29, 0.717) is 24.2 Å². The summed E-state index contributed by atoms with van der Waals surface area (Å²) in [6.45, 7) is 28.6. The van der Waals surface area contributed by atoms with Gasteiger partial charge in [-0.15, -0.1) is 13.2 Å². The first kappa shape index (κ1) is 53.0. The van der Waals surface area contributed by atoms with Crippen molar-refractivity contribution in [2.75, 3.05) is 18.4 Å². The number of halogens is 1. The SMILES string of the molecule is C=CC(CC[C@@H]1CN(C(=O)OC(C)(C)C)C(C)(C)C1)Nc1cccc(S(N)(=O)=O)n1.C=CC(N)CC[C@@H]1CN(C(=O)OC(C)(C)C)C(C)(C)C1.NS(=O)(=O)c1cccc(F)n1. The van der Waals surface area contributed by atoms with Crippen LogP contribution in [0.4, 0.5) is 19.8 Å². The molecule has 0 aliphatic carbocycles. The highest BCUT2D eigenvalue weighted by Gasteiger charge is 2.44. The third kappa shape index (κ3) is 18.4. The van der Waals surface area contributed by atoms with Gasteiger partial charge in [-0.2, -0.15) is 4.39 Å². The van der Waals surface area contributed by atoms with E-state index in [9.17, 15) is 30.8 Å². The van der Waals surface area contributed by atoms with Crippen molar-refractivity contribution >= 4 is 38.1 Å². The smallest absolute Gasteiger partial charge is 0.410 e. The molecule has 4 rings (SSSR count). The molecule has 0 saturated carbocycles. The molecule has 19 heteroatoms. The molecule has 2 saturated heterocycles. The number of nitrogens with one attached hydrogen (secondary N) is 1. The first-order chi connectivity index (χ1) is 27.8. The predicted octanol–water partition coefficient (Wildman–Crippen LogP) is 6.69. The molecule has 0 aromatic carbocycles. The largest absolute Gasteiger partial charge is 0.444 e. The molecule has 0 spiro atoms. The molecular formula is C42H69FN8O8S2. The van der Waals surface area contributed by atoms with Gasteiger partial charge in [-0.25, -0.2) is 46.7 Å². The van der Waals surface area contributed by atoms with E-state index in [1.807, 2.05) is 51.3 Å². The fourth-order valence-electron chi connectivity index (χ4n) is 7.04. The Labute approximate surface area is 363 Å². The molecule has 61 heavy (non-hydrogen) atoms. The molecule has 2 unspecified atom stereocenters. The van der Waals surface area contributed by atoms with Gasteiger partial charge >= 0.3 is 12.2 Å². The molecule has 2 aliphatic heterocycles.